The van der Waals surface area contributed by atoms with Gasteiger partial charge in [0.15, 0.2) is 6.10 Å². The highest BCUT2D eigenvalue weighted by Gasteiger charge is 2.34. The normalized spacial score (nSPS) is 16.1. The summed E-state index contributed by atoms with van der Waals surface area (Å²) in [5.74, 6) is 0.763. The molecule has 0 spiro atoms. The third-order valence-electron chi connectivity index (χ3n) is 4.64. The van der Waals surface area contributed by atoms with E-state index in [0.717, 1.165) is 23.1 Å². The SMILES string of the molecule is Cc1cccc(OCCNC(=O)C2CN(S(C)(=O)=O)c3ccccc3O2)c1C. The smallest absolute Gasteiger partial charge is 0.263 e. The van der Waals surface area contributed by atoms with Crippen LogP contribution in [0.15, 0.2) is 42.5 Å². The van der Waals surface area contributed by atoms with E-state index in [2.05, 4.69) is 5.32 Å². The van der Waals surface area contributed by atoms with Crippen molar-refractivity contribution in [2.75, 3.05) is 30.3 Å². The van der Waals surface area contributed by atoms with Crippen LogP contribution in [0.5, 0.6) is 11.5 Å². The number of aryl methyl sites for hydroxylation is 1. The molecule has 1 unspecified atom stereocenters. The minimum Gasteiger partial charge on any atom is -0.491 e. The van der Waals surface area contributed by atoms with Crippen LogP contribution in [0.2, 0.25) is 0 Å². The monoisotopic (exact) mass is 404 g/mol. The Morgan fingerprint density at radius 2 is 1.96 bits per heavy atom. The first-order valence-corrected chi connectivity index (χ1v) is 10.8. The minimum absolute atomic E-state index is 0.0699. The zero-order chi connectivity index (χ0) is 20.3. The van der Waals surface area contributed by atoms with Crippen LogP contribution in [0, 0.1) is 13.8 Å². The lowest BCUT2D eigenvalue weighted by Crippen LogP contribution is -2.51. The van der Waals surface area contributed by atoms with E-state index in [0.29, 0.717) is 18.0 Å². The van der Waals surface area contributed by atoms with Crippen molar-refractivity contribution in [1.29, 1.82) is 0 Å². The van der Waals surface area contributed by atoms with Gasteiger partial charge in [-0.3, -0.25) is 9.10 Å². The Kier molecular flexibility index (Phi) is 5.79. The molecule has 150 valence electrons. The number of rotatable bonds is 6. The van der Waals surface area contributed by atoms with Crippen LogP contribution in [0.3, 0.4) is 0 Å². The zero-order valence-electron chi connectivity index (χ0n) is 16.1. The summed E-state index contributed by atoms with van der Waals surface area (Å²) >= 11 is 0. The number of carbonyl (C=O) groups excluding carboxylic acids is 1. The molecule has 0 saturated heterocycles. The topological polar surface area (TPSA) is 84.9 Å². The van der Waals surface area contributed by atoms with Crippen LogP contribution in [0.25, 0.3) is 0 Å². The van der Waals surface area contributed by atoms with Crippen molar-refractivity contribution >= 4 is 21.6 Å². The second-order valence-electron chi connectivity index (χ2n) is 6.71. The van der Waals surface area contributed by atoms with E-state index < -0.39 is 16.1 Å². The van der Waals surface area contributed by atoms with E-state index in [9.17, 15) is 13.2 Å². The summed E-state index contributed by atoms with van der Waals surface area (Å²) in [6.07, 6.45) is 0.188. The lowest BCUT2D eigenvalue weighted by molar-refractivity contribution is -0.127. The summed E-state index contributed by atoms with van der Waals surface area (Å²) in [6, 6.07) is 12.6. The lowest BCUT2D eigenvalue weighted by atomic mass is 10.1. The van der Waals surface area contributed by atoms with Gasteiger partial charge in [0, 0.05) is 0 Å². The first kappa shape index (κ1) is 20.0. The first-order chi connectivity index (χ1) is 13.3. The van der Waals surface area contributed by atoms with Crippen molar-refractivity contribution in [3.63, 3.8) is 0 Å². The number of hydrogen-bond donors (Lipinski definition) is 1. The van der Waals surface area contributed by atoms with Crippen LogP contribution in [0.1, 0.15) is 11.1 Å². The molecule has 1 amide bonds. The Labute approximate surface area is 165 Å². The predicted molar refractivity (Wildman–Crippen MR) is 107 cm³/mol. The fourth-order valence-corrected chi connectivity index (χ4v) is 3.90. The van der Waals surface area contributed by atoms with Crippen molar-refractivity contribution in [2.24, 2.45) is 0 Å². The molecule has 7 nitrogen and oxygen atoms in total. The number of fused-ring (bicyclic) bond motifs is 1. The summed E-state index contributed by atoms with van der Waals surface area (Å²) < 4.78 is 36.9. The van der Waals surface area contributed by atoms with Crippen molar-refractivity contribution in [3.8, 4) is 11.5 Å². The zero-order valence-corrected chi connectivity index (χ0v) is 17.0. The highest BCUT2D eigenvalue weighted by atomic mass is 32.2. The van der Waals surface area contributed by atoms with Crippen LogP contribution in [-0.2, 0) is 14.8 Å². The summed E-state index contributed by atoms with van der Waals surface area (Å²) in [7, 11) is -3.53. The molecular weight excluding hydrogens is 380 g/mol. The predicted octanol–water partition coefficient (Wildman–Crippen LogP) is 2.03. The van der Waals surface area contributed by atoms with Gasteiger partial charge in [-0.05, 0) is 43.2 Å². The molecule has 8 heteroatoms. The molecule has 0 aliphatic carbocycles. The molecule has 2 aromatic carbocycles. The maximum atomic E-state index is 12.5. The third-order valence-corrected chi connectivity index (χ3v) is 5.79. The highest BCUT2D eigenvalue weighted by Crippen LogP contribution is 2.34. The number of carbonyl (C=O) groups is 1. The summed E-state index contributed by atoms with van der Waals surface area (Å²) in [5.41, 5.74) is 2.63. The van der Waals surface area contributed by atoms with Gasteiger partial charge >= 0.3 is 0 Å². The fourth-order valence-electron chi connectivity index (χ4n) is 2.98. The van der Waals surface area contributed by atoms with Gasteiger partial charge in [0.2, 0.25) is 10.0 Å². The number of nitrogens with one attached hydrogen (secondary N) is 1. The molecule has 0 bridgehead atoms. The number of amides is 1. The molecular formula is C20H24N2O5S. The maximum Gasteiger partial charge on any atom is 0.263 e. The van der Waals surface area contributed by atoms with E-state index in [1.807, 2.05) is 32.0 Å². The lowest BCUT2D eigenvalue weighted by Gasteiger charge is -2.33. The van der Waals surface area contributed by atoms with Crippen molar-refractivity contribution < 1.29 is 22.7 Å². The molecule has 2 aromatic rings. The van der Waals surface area contributed by atoms with E-state index in [-0.39, 0.29) is 19.0 Å². The van der Waals surface area contributed by atoms with Gasteiger partial charge in [-0.25, -0.2) is 8.42 Å². The highest BCUT2D eigenvalue weighted by molar-refractivity contribution is 7.92. The molecule has 1 atom stereocenters. The fraction of sp³-hybridized carbons (Fsp3) is 0.350. The van der Waals surface area contributed by atoms with Gasteiger partial charge in [0.1, 0.15) is 18.1 Å². The second-order valence-corrected chi connectivity index (χ2v) is 8.61. The molecule has 28 heavy (non-hydrogen) atoms. The van der Waals surface area contributed by atoms with E-state index in [1.54, 1.807) is 24.3 Å². The molecule has 0 radical (unpaired) electrons. The Morgan fingerprint density at radius 1 is 1.21 bits per heavy atom. The Balaban J connectivity index is 1.60. The van der Waals surface area contributed by atoms with Crippen molar-refractivity contribution in [2.45, 2.75) is 20.0 Å². The van der Waals surface area contributed by atoms with Crippen molar-refractivity contribution in [3.05, 3.63) is 53.6 Å². The van der Waals surface area contributed by atoms with E-state index in [4.69, 9.17) is 9.47 Å². The number of anilines is 1. The number of para-hydroxylation sites is 2. The largest absolute Gasteiger partial charge is 0.491 e. The van der Waals surface area contributed by atoms with Gasteiger partial charge in [0.05, 0.1) is 25.0 Å². The van der Waals surface area contributed by atoms with Crippen LogP contribution in [-0.4, -0.2) is 46.4 Å². The Morgan fingerprint density at radius 3 is 2.71 bits per heavy atom. The van der Waals surface area contributed by atoms with Crippen molar-refractivity contribution in [1.82, 2.24) is 5.32 Å². The average Bonchev–Trinajstić information content (AvgIpc) is 2.66. The van der Waals surface area contributed by atoms with Crippen LogP contribution in [0.4, 0.5) is 5.69 Å². The minimum atomic E-state index is -3.53. The molecule has 3 rings (SSSR count). The Hall–Kier alpha value is -2.74. The van der Waals surface area contributed by atoms with Gasteiger partial charge in [-0.1, -0.05) is 24.3 Å². The quantitative estimate of drug-likeness (QED) is 0.745. The number of hydrogen-bond acceptors (Lipinski definition) is 5. The third kappa shape index (κ3) is 4.39. The molecule has 0 fully saturated rings. The number of benzene rings is 2. The first-order valence-electron chi connectivity index (χ1n) is 8.97. The van der Waals surface area contributed by atoms with Gasteiger partial charge in [-0.15, -0.1) is 0 Å². The molecule has 0 aromatic heterocycles. The molecule has 1 heterocycles. The van der Waals surface area contributed by atoms with E-state index in [1.165, 1.54) is 4.31 Å². The van der Waals surface area contributed by atoms with Gasteiger partial charge in [-0.2, -0.15) is 0 Å². The maximum absolute atomic E-state index is 12.5. The molecule has 0 saturated carbocycles. The number of ether oxygens (including phenoxy) is 2. The van der Waals surface area contributed by atoms with Crippen LogP contribution >= 0.6 is 0 Å². The standard InChI is InChI=1S/C20H24N2O5S/c1-14-7-6-10-17(15(14)2)26-12-11-21-20(23)19-13-22(28(3,24)25)16-8-4-5-9-18(16)27-19/h4-10,19H,11-13H2,1-3H3,(H,21,23). The number of nitrogens with zero attached hydrogens (tertiary/aromatic N) is 1. The molecule has 1 aliphatic heterocycles. The summed E-state index contributed by atoms with van der Waals surface area (Å²) in [4.78, 5) is 12.5. The molecule has 1 aliphatic rings. The molecule has 1 N–H and O–H groups in total. The second kappa shape index (κ2) is 8.10. The van der Waals surface area contributed by atoms with Crippen LogP contribution < -0.4 is 19.1 Å². The van der Waals surface area contributed by atoms with Gasteiger partial charge in [0.25, 0.3) is 5.91 Å². The van der Waals surface area contributed by atoms with Gasteiger partial charge < -0.3 is 14.8 Å². The number of sulfonamides is 1. The Bertz CT molecular complexity index is 974. The van der Waals surface area contributed by atoms with E-state index >= 15 is 0 Å². The summed E-state index contributed by atoms with van der Waals surface area (Å²) in [6.45, 7) is 4.51. The summed E-state index contributed by atoms with van der Waals surface area (Å²) in [5, 5.41) is 2.75. The average molecular weight is 404 g/mol.